The standard InChI is InChI=1S/C10H14N4OS/c1-3-8-6-11-10(16)14(8)5-4-9-12-7(2)13-15-9/h6H,3-5H2,1-2H3,(H,11,16). The molecular weight excluding hydrogens is 224 g/mol. The first-order chi connectivity index (χ1) is 7.70. The van der Waals surface area contributed by atoms with Gasteiger partial charge in [-0.25, -0.2) is 0 Å². The number of aromatic amines is 1. The van der Waals surface area contributed by atoms with Gasteiger partial charge >= 0.3 is 0 Å². The molecule has 0 radical (unpaired) electrons. The SMILES string of the molecule is CCc1c[nH]c(=S)n1CCc1nc(C)no1. The van der Waals surface area contributed by atoms with E-state index in [1.165, 1.54) is 5.69 Å². The predicted octanol–water partition coefficient (Wildman–Crippen LogP) is 2.04. The van der Waals surface area contributed by atoms with Crippen LogP contribution in [0.4, 0.5) is 0 Å². The molecule has 0 aromatic carbocycles. The molecule has 2 aromatic rings. The van der Waals surface area contributed by atoms with Crippen LogP contribution in [-0.2, 0) is 19.4 Å². The average molecular weight is 238 g/mol. The van der Waals surface area contributed by atoms with Gasteiger partial charge in [0.2, 0.25) is 5.89 Å². The number of aryl methyl sites for hydroxylation is 3. The molecule has 2 aromatic heterocycles. The molecule has 0 aliphatic carbocycles. The average Bonchev–Trinajstić information content (AvgIpc) is 2.82. The minimum atomic E-state index is 0.655. The van der Waals surface area contributed by atoms with Crippen molar-refractivity contribution in [2.45, 2.75) is 33.2 Å². The number of nitrogens with one attached hydrogen (secondary N) is 1. The van der Waals surface area contributed by atoms with Crippen molar-refractivity contribution in [3.63, 3.8) is 0 Å². The lowest BCUT2D eigenvalue weighted by molar-refractivity contribution is 0.367. The molecule has 0 amide bonds. The Labute approximate surface area is 98.5 Å². The lowest BCUT2D eigenvalue weighted by Crippen LogP contribution is -2.05. The van der Waals surface area contributed by atoms with Gasteiger partial charge < -0.3 is 14.1 Å². The summed E-state index contributed by atoms with van der Waals surface area (Å²) in [4.78, 5) is 7.20. The Morgan fingerprint density at radius 1 is 1.56 bits per heavy atom. The van der Waals surface area contributed by atoms with E-state index < -0.39 is 0 Å². The molecule has 1 N–H and O–H groups in total. The van der Waals surface area contributed by atoms with Crippen LogP contribution < -0.4 is 0 Å². The summed E-state index contributed by atoms with van der Waals surface area (Å²) >= 11 is 5.20. The Kier molecular flexibility index (Phi) is 3.19. The molecule has 0 fully saturated rings. The van der Waals surface area contributed by atoms with Crippen LogP contribution in [0, 0.1) is 11.7 Å². The van der Waals surface area contributed by atoms with E-state index >= 15 is 0 Å². The number of H-pyrrole nitrogens is 1. The number of rotatable bonds is 4. The van der Waals surface area contributed by atoms with E-state index in [4.69, 9.17) is 16.7 Å². The summed E-state index contributed by atoms with van der Waals surface area (Å²) in [6.45, 7) is 4.69. The Morgan fingerprint density at radius 3 is 3.00 bits per heavy atom. The molecule has 86 valence electrons. The highest BCUT2D eigenvalue weighted by Crippen LogP contribution is 2.05. The normalized spacial score (nSPS) is 10.9. The van der Waals surface area contributed by atoms with Gasteiger partial charge in [-0.3, -0.25) is 0 Å². The molecule has 2 heterocycles. The molecule has 0 spiro atoms. The first-order valence-electron chi connectivity index (χ1n) is 5.27. The highest BCUT2D eigenvalue weighted by molar-refractivity contribution is 7.71. The Bertz CT molecular complexity index is 525. The minimum absolute atomic E-state index is 0.655. The van der Waals surface area contributed by atoms with Gasteiger partial charge in [0.05, 0.1) is 0 Å². The quantitative estimate of drug-likeness (QED) is 0.828. The van der Waals surface area contributed by atoms with Gasteiger partial charge in [0.1, 0.15) is 0 Å². The van der Waals surface area contributed by atoms with Gasteiger partial charge in [-0.05, 0) is 25.6 Å². The number of aromatic nitrogens is 4. The Morgan fingerprint density at radius 2 is 2.38 bits per heavy atom. The van der Waals surface area contributed by atoms with Crippen molar-refractivity contribution in [2.75, 3.05) is 0 Å². The third kappa shape index (κ3) is 2.21. The second kappa shape index (κ2) is 4.61. The molecule has 0 saturated carbocycles. The van der Waals surface area contributed by atoms with Crippen molar-refractivity contribution >= 4 is 12.2 Å². The van der Waals surface area contributed by atoms with E-state index in [2.05, 4.69) is 26.6 Å². The van der Waals surface area contributed by atoms with Crippen LogP contribution >= 0.6 is 12.2 Å². The number of imidazole rings is 1. The maximum atomic E-state index is 5.20. The fourth-order valence-electron chi connectivity index (χ4n) is 1.62. The van der Waals surface area contributed by atoms with Crippen molar-refractivity contribution in [1.29, 1.82) is 0 Å². The maximum absolute atomic E-state index is 5.20. The van der Waals surface area contributed by atoms with Crippen LogP contribution in [0.25, 0.3) is 0 Å². The summed E-state index contributed by atoms with van der Waals surface area (Å²) in [6.07, 6.45) is 3.61. The number of nitrogens with zero attached hydrogens (tertiary/aromatic N) is 3. The largest absolute Gasteiger partial charge is 0.339 e. The molecule has 0 aliphatic heterocycles. The van der Waals surface area contributed by atoms with Crippen molar-refractivity contribution in [3.8, 4) is 0 Å². The van der Waals surface area contributed by atoms with E-state index in [9.17, 15) is 0 Å². The van der Waals surface area contributed by atoms with Crippen molar-refractivity contribution in [3.05, 3.63) is 28.4 Å². The van der Waals surface area contributed by atoms with Crippen molar-refractivity contribution in [1.82, 2.24) is 19.7 Å². The Balaban J connectivity index is 2.09. The molecule has 16 heavy (non-hydrogen) atoms. The molecule has 2 rings (SSSR count). The van der Waals surface area contributed by atoms with Crippen LogP contribution in [0.2, 0.25) is 0 Å². The van der Waals surface area contributed by atoms with E-state index in [-0.39, 0.29) is 0 Å². The van der Waals surface area contributed by atoms with Crippen LogP contribution in [0.3, 0.4) is 0 Å². The topological polar surface area (TPSA) is 59.6 Å². The second-order valence-corrected chi connectivity index (χ2v) is 3.96. The zero-order valence-electron chi connectivity index (χ0n) is 9.36. The summed E-state index contributed by atoms with van der Waals surface area (Å²) in [5.74, 6) is 1.33. The summed E-state index contributed by atoms with van der Waals surface area (Å²) in [6, 6.07) is 0. The molecule has 0 saturated heterocycles. The van der Waals surface area contributed by atoms with Gasteiger partial charge in [-0.15, -0.1) is 0 Å². The number of hydrogen-bond acceptors (Lipinski definition) is 4. The van der Waals surface area contributed by atoms with E-state index in [0.29, 0.717) is 18.1 Å². The smallest absolute Gasteiger partial charge is 0.228 e. The lowest BCUT2D eigenvalue weighted by atomic mass is 10.3. The number of hydrogen-bond donors (Lipinski definition) is 1. The van der Waals surface area contributed by atoms with Gasteiger partial charge in [0, 0.05) is 24.9 Å². The highest BCUT2D eigenvalue weighted by atomic mass is 32.1. The minimum Gasteiger partial charge on any atom is -0.339 e. The van der Waals surface area contributed by atoms with Crippen LogP contribution in [0.15, 0.2) is 10.7 Å². The highest BCUT2D eigenvalue weighted by Gasteiger charge is 2.06. The van der Waals surface area contributed by atoms with Crippen LogP contribution in [0.1, 0.15) is 24.3 Å². The first-order valence-corrected chi connectivity index (χ1v) is 5.67. The van der Waals surface area contributed by atoms with E-state index in [1.807, 2.05) is 13.1 Å². The predicted molar refractivity (Wildman–Crippen MR) is 61.7 cm³/mol. The fraction of sp³-hybridized carbons (Fsp3) is 0.500. The van der Waals surface area contributed by atoms with Crippen molar-refractivity contribution < 1.29 is 4.52 Å². The van der Waals surface area contributed by atoms with Gasteiger partial charge in [-0.2, -0.15) is 4.98 Å². The van der Waals surface area contributed by atoms with E-state index in [1.54, 1.807) is 0 Å². The fourth-order valence-corrected chi connectivity index (χ4v) is 1.89. The maximum Gasteiger partial charge on any atom is 0.228 e. The van der Waals surface area contributed by atoms with Gasteiger partial charge in [0.15, 0.2) is 10.6 Å². The lowest BCUT2D eigenvalue weighted by Gasteiger charge is -2.03. The molecule has 0 aliphatic rings. The third-order valence-electron chi connectivity index (χ3n) is 2.44. The summed E-state index contributed by atoms with van der Waals surface area (Å²) in [5, 5.41) is 3.75. The summed E-state index contributed by atoms with van der Waals surface area (Å²) in [7, 11) is 0. The first kappa shape index (κ1) is 11.1. The Hall–Kier alpha value is -1.43. The molecule has 0 atom stereocenters. The zero-order chi connectivity index (χ0) is 11.5. The monoisotopic (exact) mass is 238 g/mol. The molecule has 0 bridgehead atoms. The van der Waals surface area contributed by atoms with Gasteiger partial charge in [-0.1, -0.05) is 12.1 Å². The van der Waals surface area contributed by atoms with E-state index in [0.717, 1.165) is 17.7 Å². The van der Waals surface area contributed by atoms with Crippen molar-refractivity contribution in [2.24, 2.45) is 0 Å². The summed E-state index contributed by atoms with van der Waals surface area (Å²) in [5.41, 5.74) is 1.20. The third-order valence-corrected chi connectivity index (χ3v) is 2.77. The zero-order valence-corrected chi connectivity index (χ0v) is 10.2. The summed E-state index contributed by atoms with van der Waals surface area (Å²) < 4.78 is 7.87. The van der Waals surface area contributed by atoms with Crippen LogP contribution in [0.5, 0.6) is 0 Å². The van der Waals surface area contributed by atoms with Gasteiger partial charge in [0.25, 0.3) is 0 Å². The molecule has 6 heteroatoms. The molecule has 5 nitrogen and oxygen atoms in total. The molecule has 0 unspecified atom stereocenters. The second-order valence-electron chi connectivity index (χ2n) is 3.58. The molecular formula is C10H14N4OS. The van der Waals surface area contributed by atoms with Crippen LogP contribution in [-0.4, -0.2) is 19.7 Å².